The molecule has 2 aromatic rings. The molecule has 0 fully saturated rings. The SMILES string of the molecule is CC(=O)Oc1c(Br)cc(/C=C2\N=C(c3ccc(C(C)C)cc3)OC2=O)cc1Br. The van der Waals surface area contributed by atoms with E-state index in [-0.39, 0.29) is 11.6 Å². The van der Waals surface area contributed by atoms with Crippen LogP contribution in [0.1, 0.15) is 43.4 Å². The van der Waals surface area contributed by atoms with Gasteiger partial charge in [0.1, 0.15) is 0 Å². The Morgan fingerprint density at radius 2 is 1.75 bits per heavy atom. The van der Waals surface area contributed by atoms with E-state index in [0.29, 0.717) is 26.2 Å². The Labute approximate surface area is 179 Å². The number of nitrogens with zero attached hydrogens (tertiary/aromatic N) is 1. The van der Waals surface area contributed by atoms with Crippen molar-refractivity contribution in [3.8, 4) is 5.75 Å². The van der Waals surface area contributed by atoms with Gasteiger partial charge in [0.2, 0.25) is 5.90 Å². The molecule has 0 saturated heterocycles. The highest BCUT2D eigenvalue weighted by molar-refractivity contribution is 9.11. The number of carbonyl (C=O) groups is 2. The maximum absolute atomic E-state index is 12.2. The molecule has 5 nitrogen and oxygen atoms in total. The monoisotopic (exact) mass is 505 g/mol. The molecule has 3 rings (SSSR count). The van der Waals surface area contributed by atoms with Gasteiger partial charge in [0.15, 0.2) is 11.4 Å². The number of carbonyl (C=O) groups excluding carboxylic acids is 2. The van der Waals surface area contributed by atoms with Gasteiger partial charge < -0.3 is 9.47 Å². The second kappa shape index (κ2) is 8.41. The van der Waals surface area contributed by atoms with Crippen LogP contribution in [0, 0.1) is 0 Å². The normalized spacial score (nSPS) is 15.0. The molecular weight excluding hydrogens is 490 g/mol. The summed E-state index contributed by atoms with van der Waals surface area (Å²) in [7, 11) is 0. The van der Waals surface area contributed by atoms with E-state index >= 15 is 0 Å². The molecule has 0 aromatic heterocycles. The lowest BCUT2D eigenvalue weighted by atomic mass is 10.0. The van der Waals surface area contributed by atoms with E-state index in [1.807, 2.05) is 24.3 Å². The molecule has 0 spiro atoms. The molecule has 1 aliphatic rings. The maximum atomic E-state index is 12.2. The molecule has 0 radical (unpaired) electrons. The largest absolute Gasteiger partial charge is 0.424 e. The Bertz CT molecular complexity index is 985. The van der Waals surface area contributed by atoms with Gasteiger partial charge in [-0.25, -0.2) is 9.79 Å². The van der Waals surface area contributed by atoms with Crippen LogP contribution in [0.4, 0.5) is 0 Å². The van der Waals surface area contributed by atoms with Crippen LogP contribution < -0.4 is 4.74 Å². The van der Waals surface area contributed by atoms with E-state index in [0.717, 1.165) is 5.56 Å². The number of esters is 2. The van der Waals surface area contributed by atoms with Gasteiger partial charge in [-0.1, -0.05) is 26.0 Å². The van der Waals surface area contributed by atoms with Crippen LogP contribution in [-0.4, -0.2) is 17.8 Å². The lowest BCUT2D eigenvalue weighted by Crippen LogP contribution is -2.05. The second-order valence-electron chi connectivity index (χ2n) is 6.52. The molecule has 1 heterocycles. The summed E-state index contributed by atoms with van der Waals surface area (Å²) in [6.07, 6.45) is 1.62. The molecule has 7 heteroatoms. The Hall–Kier alpha value is -2.25. The molecule has 28 heavy (non-hydrogen) atoms. The van der Waals surface area contributed by atoms with Crippen molar-refractivity contribution in [2.24, 2.45) is 4.99 Å². The molecular formula is C21H17Br2NO4. The number of rotatable bonds is 4. The van der Waals surface area contributed by atoms with E-state index in [1.54, 1.807) is 18.2 Å². The van der Waals surface area contributed by atoms with E-state index in [2.05, 4.69) is 50.7 Å². The van der Waals surface area contributed by atoms with Crippen molar-refractivity contribution < 1.29 is 19.1 Å². The predicted molar refractivity (Wildman–Crippen MR) is 114 cm³/mol. The quantitative estimate of drug-likeness (QED) is 0.307. The smallest absolute Gasteiger partial charge is 0.363 e. The summed E-state index contributed by atoms with van der Waals surface area (Å²) < 4.78 is 11.6. The van der Waals surface area contributed by atoms with Crippen molar-refractivity contribution in [1.82, 2.24) is 0 Å². The Kier molecular flexibility index (Phi) is 6.15. The molecule has 0 saturated carbocycles. The standard InChI is InChI=1S/C21H17Br2NO4/c1-11(2)14-4-6-15(7-5-14)20-24-18(21(26)28-20)10-13-8-16(22)19(17(23)9-13)27-12(3)25/h4-11H,1-3H3/b18-10-. The van der Waals surface area contributed by atoms with Crippen LogP contribution in [-0.2, 0) is 14.3 Å². The van der Waals surface area contributed by atoms with Crippen molar-refractivity contribution in [3.05, 3.63) is 67.7 Å². The summed E-state index contributed by atoms with van der Waals surface area (Å²) in [5, 5.41) is 0. The number of hydrogen-bond acceptors (Lipinski definition) is 5. The van der Waals surface area contributed by atoms with Crippen LogP contribution >= 0.6 is 31.9 Å². The van der Waals surface area contributed by atoms with E-state index in [4.69, 9.17) is 9.47 Å². The molecule has 0 aliphatic carbocycles. The van der Waals surface area contributed by atoms with Gasteiger partial charge in [-0.3, -0.25) is 4.79 Å². The Morgan fingerprint density at radius 1 is 1.14 bits per heavy atom. The Morgan fingerprint density at radius 3 is 2.29 bits per heavy atom. The van der Waals surface area contributed by atoms with Crippen LogP contribution in [0.3, 0.4) is 0 Å². The topological polar surface area (TPSA) is 65.0 Å². The average Bonchev–Trinajstić information content (AvgIpc) is 2.99. The fraction of sp³-hybridized carbons (Fsp3) is 0.190. The third-order valence-corrected chi connectivity index (χ3v) is 5.19. The highest BCUT2D eigenvalue weighted by Crippen LogP contribution is 2.36. The molecule has 1 aliphatic heterocycles. The molecule has 0 N–H and O–H groups in total. The average molecular weight is 507 g/mol. The van der Waals surface area contributed by atoms with Crippen molar-refractivity contribution in [1.29, 1.82) is 0 Å². The number of benzene rings is 2. The van der Waals surface area contributed by atoms with Gasteiger partial charge in [-0.15, -0.1) is 0 Å². The van der Waals surface area contributed by atoms with Gasteiger partial charge in [-0.2, -0.15) is 0 Å². The summed E-state index contributed by atoms with van der Waals surface area (Å²) >= 11 is 6.74. The number of halogens is 2. The number of cyclic esters (lactones) is 1. The van der Waals surface area contributed by atoms with Crippen molar-refractivity contribution in [3.63, 3.8) is 0 Å². The fourth-order valence-electron chi connectivity index (χ4n) is 2.61. The van der Waals surface area contributed by atoms with Crippen LogP contribution in [0.15, 0.2) is 56.0 Å². The van der Waals surface area contributed by atoms with E-state index < -0.39 is 11.9 Å². The summed E-state index contributed by atoms with van der Waals surface area (Å²) in [6, 6.07) is 11.2. The zero-order chi connectivity index (χ0) is 20.4. The van der Waals surface area contributed by atoms with Gasteiger partial charge in [-0.05, 0) is 79.2 Å². The highest BCUT2D eigenvalue weighted by atomic mass is 79.9. The first-order valence-electron chi connectivity index (χ1n) is 8.55. The summed E-state index contributed by atoms with van der Waals surface area (Å²) in [6.45, 7) is 5.56. The van der Waals surface area contributed by atoms with Gasteiger partial charge in [0.05, 0.1) is 8.95 Å². The third-order valence-electron chi connectivity index (χ3n) is 4.01. The Balaban J connectivity index is 1.90. The minimum atomic E-state index is -0.515. The minimum absolute atomic E-state index is 0.196. The van der Waals surface area contributed by atoms with Gasteiger partial charge >= 0.3 is 11.9 Å². The zero-order valence-electron chi connectivity index (χ0n) is 15.5. The lowest BCUT2D eigenvalue weighted by Gasteiger charge is -2.08. The first-order valence-corrected chi connectivity index (χ1v) is 10.1. The number of aliphatic imine (C=N–C) groups is 1. The van der Waals surface area contributed by atoms with Crippen molar-refractivity contribution >= 4 is 55.8 Å². The summed E-state index contributed by atoms with van der Waals surface area (Å²) in [5.74, 6) is 0.132. The highest BCUT2D eigenvalue weighted by Gasteiger charge is 2.24. The van der Waals surface area contributed by atoms with Crippen LogP contribution in [0.25, 0.3) is 6.08 Å². The van der Waals surface area contributed by atoms with Gasteiger partial charge in [0.25, 0.3) is 0 Å². The van der Waals surface area contributed by atoms with Crippen LogP contribution in [0.2, 0.25) is 0 Å². The number of ether oxygens (including phenoxy) is 2. The second-order valence-corrected chi connectivity index (χ2v) is 8.23. The van der Waals surface area contributed by atoms with Crippen molar-refractivity contribution in [2.75, 3.05) is 0 Å². The summed E-state index contributed by atoms with van der Waals surface area (Å²) in [4.78, 5) is 27.7. The fourth-order valence-corrected chi connectivity index (χ4v) is 3.99. The molecule has 0 bridgehead atoms. The summed E-state index contributed by atoms with van der Waals surface area (Å²) in [5.41, 5.74) is 2.84. The third kappa shape index (κ3) is 4.59. The molecule has 144 valence electrons. The first-order chi connectivity index (χ1) is 13.2. The molecule has 0 amide bonds. The number of hydrogen-bond donors (Lipinski definition) is 0. The lowest BCUT2D eigenvalue weighted by molar-refractivity contribution is -0.132. The maximum Gasteiger partial charge on any atom is 0.363 e. The minimum Gasteiger partial charge on any atom is -0.424 e. The predicted octanol–water partition coefficient (Wildman–Crippen LogP) is 5.60. The van der Waals surface area contributed by atoms with Gasteiger partial charge in [0, 0.05) is 12.5 Å². The first kappa shape index (κ1) is 20.5. The molecule has 0 unspecified atom stereocenters. The molecule has 2 aromatic carbocycles. The van der Waals surface area contributed by atoms with Crippen LogP contribution in [0.5, 0.6) is 5.75 Å². The zero-order valence-corrected chi connectivity index (χ0v) is 18.6. The van der Waals surface area contributed by atoms with E-state index in [9.17, 15) is 9.59 Å². The van der Waals surface area contributed by atoms with Crippen molar-refractivity contribution in [2.45, 2.75) is 26.7 Å². The van der Waals surface area contributed by atoms with E-state index in [1.165, 1.54) is 12.5 Å². The molecule has 0 atom stereocenters.